The number of Topliss-reactive ketones (excluding diaryl/α,β-unsaturated/α-hetero) is 1. The molecule has 1 aromatic heterocycles. The van der Waals surface area contributed by atoms with Gasteiger partial charge in [0.05, 0.1) is 31.4 Å². The van der Waals surface area contributed by atoms with Gasteiger partial charge in [-0.25, -0.2) is 0 Å². The van der Waals surface area contributed by atoms with Gasteiger partial charge in [-0.05, 0) is 78.1 Å². The van der Waals surface area contributed by atoms with Gasteiger partial charge in [-0.2, -0.15) is 0 Å². The van der Waals surface area contributed by atoms with E-state index < -0.39 is 17.7 Å². The summed E-state index contributed by atoms with van der Waals surface area (Å²) in [6.45, 7) is 7.45. The molecule has 1 fully saturated rings. The molecule has 11 heteroatoms. The number of carbonyl (C=O) groups excluding carboxylic acids is 2. The van der Waals surface area contributed by atoms with Crippen LogP contribution in [0, 0.1) is 0 Å². The topological polar surface area (TPSA) is 111 Å². The van der Waals surface area contributed by atoms with E-state index in [4.69, 9.17) is 14.2 Å². The molecule has 4 aromatic carbocycles. The first kappa shape index (κ1) is 35.0. The normalized spacial score (nSPS) is 15.5. The predicted molar refractivity (Wildman–Crippen MR) is 198 cm³/mol. The fourth-order valence-corrected chi connectivity index (χ4v) is 7.63. The lowest BCUT2D eigenvalue weighted by Crippen LogP contribution is -2.29. The van der Waals surface area contributed by atoms with Gasteiger partial charge in [-0.15, -0.1) is 10.2 Å². The molecular formula is C39H39N3O6S2. The number of benzene rings is 4. The molecule has 6 rings (SSSR count). The Hall–Kier alpha value is -4.87. The number of aromatic nitrogens is 2. The van der Waals surface area contributed by atoms with Crippen LogP contribution < -0.4 is 19.1 Å². The van der Waals surface area contributed by atoms with E-state index in [0.29, 0.717) is 58.3 Å². The molecule has 258 valence electrons. The maximum atomic E-state index is 13.9. The Bertz CT molecular complexity index is 2000. The summed E-state index contributed by atoms with van der Waals surface area (Å²) in [5.41, 5.74) is 2.03. The predicted octanol–water partition coefficient (Wildman–Crippen LogP) is 8.98. The number of rotatable bonds is 15. The van der Waals surface area contributed by atoms with Crippen molar-refractivity contribution in [1.82, 2.24) is 10.2 Å². The number of carbonyl (C=O) groups is 2. The number of thioether (sulfide) groups is 1. The van der Waals surface area contributed by atoms with Crippen LogP contribution in [0.15, 0.2) is 94.8 Å². The first-order valence-corrected chi connectivity index (χ1v) is 18.6. The van der Waals surface area contributed by atoms with Crippen LogP contribution in [0.5, 0.6) is 17.2 Å². The summed E-state index contributed by atoms with van der Waals surface area (Å²) in [4.78, 5) is 29.1. The summed E-state index contributed by atoms with van der Waals surface area (Å²) in [7, 11) is 0. The Morgan fingerprint density at radius 1 is 0.860 bits per heavy atom. The first-order chi connectivity index (χ1) is 24.4. The second kappa shape index (κ2) is 16.2. The third-order valence-corrected chi connectivity index (χ3v) is 10.3. The lowest BCUT2D eigenvalue weighted by molar-refractivity contribution is -0.132. The number of aliphatic hydroxyl groups is 1. The molecule has 0 aliphatic carbocycles. The minimum Gasteiger partial charge on any atom is -0.507 e. The molecule has 0 saturated carbocycles. The maximum Gasteiger partial charge on any atom is 0.301 e. The van der Waals surface area contributed by atoms with Gasteiger partial charge in [0.25, 0.3) is 5.78 Å². The monoisotopic (exact) mass is 709 g/mol. The van der Waals surface area contributed by atoms with Gasteiger partial charge in [0, 0.05) is 11.3 Å². The molecule has 50 heavy (non-hydrogen) atoms. The number of anilines is 1. The van der Waals surface area contributed by atoms with Crippen LogP contribution in [-0.4, -0.2) is 46.8 Å². The van der Waals surface area contributed by atoms with E-state index in [1.54, 1.807) is 42.5 Å². The number of aliphatic hydroxyl groups excluding tert-OH is 1. The lowest BCUT2D eigenvalue weighted by atomic mass is 9.95. The molecule has 1 aliphatic heterocycles. The van der Waals surface area contributed by atoms with Crippen molar-refractivity contribution in [2.24, 2.45) is 0 Å². The highest BCUT2D eigenvalue weighted by Gasteiger charge is 2.48. The molecule has 1 N–H and O–H groups in total. The number of unbranched alkanes of at least 4 members (excludes halogenated alkanes) is 1. The van der Waals surface area contributed by atoms with Crippen LogP contribution >= 0.6 is 23.1 Å². The average Bonchev–Trinajstić information content (AvgIpc) is 3.71. The SMILES string of the molecule is CCCCOc1ccc(C2/C(=C(\O)c3ccc(OCCC)cc3)C(=O)C(=O)N2c2nnc(SCc3cccc4ccccc34)s2)cc1OCC. The van der Waals surface area contributed by atoms with Gasteiger partial charge >= 0.3 is 5.91 Å². The molecule has 0 bridgehead atoms. The third kappa shape index (κ3) is 7.49. The number of ether oxygens (including phenoxy) is 3. The van der Waals surface area contributed by atoms with Crippen LogP contribution in [0.3, 0.4) is 0 Å². The van der Waals surface area contributed by atoms with Crippen molar-refractivity contribution >= 4 is 56.5 Å². The van der Waals surface area contributed by atoms with Gasteiger partial charge in [0.1, 0.15) is 11.5 Å². The van der Waals surface area contributed by atoms with Crippen molar-refractivity contribution in [3.8, 4) is 17.2 Å². The van der Waals surface area contributed by atoms with E-state index in [9.17, 15) is 14.7 Å². The van der Waals surface area contributed by atoms with Crippen molar-refractivity contribution in [2.45, 2.75) is 56.2 Å². The van der Waals surface area contributed by atoms with E-state index in [1.807, 2.05) is 32.0 Å². The number of hydrogen-bond donors (Lipinski definition) is 1. The number of ketones is 1. The zero-order valence-corrected chi connectivity index (χ0v) is 29.9. The fraction of sp³-hybridized carbons (Fsp3) is 0.282. The van der Waals surface area contributed by atoms with Crippen molar-refractivity contribution in [1.29, 1.82) is 0 Å². The van der Waals surface area contributed by atoms with Gasteiger partial charge in [0.15, 0.2) is 15.8 Å². The summed E-state index contributed by atoms with van der Waals surface area (Å²) < 4.78 is 18.3. The summed E-state index contributed by atoms with van der Waals surface area (Å²) in [6, 6.07) is 25.6. The molecule has 1 atom stereocenters. The van der Waals surface area contributed by atoms with E-state index in [2.05, 4.69) is 41.4 Å². The molecule has 1 aliphatic rings. The van der Waals surface area contributed by atoms with Crippen LogP contribution in [0.4, 0.5) is 5.13 Å². The minimum atomic E-state index is -1.00. The fourth-order valence-electron chi connectivity index (χ4n) is 5.75. The Morgan fingerprint density at radius 3 is 2.44 bits per heavy atom. The molecule has 1 unspecified atom stereocenters. The third-order valence-electron chi connectivity index (χ3n) is 8.22. The highest BCUT2D eigenvalue weighted by molar-refractivity contribution is 8.00. The van der Waals surface area contributed by atoms with Gasteiger partial charge < -0.3 is 19.3 Å². The molecule has 5 aromatic rings. The largest absolute Gasteiger partial charge is 0.507 e. The van der Waals surface area contributed by atoms with Crippen LogP contribution in [-0.2, 0) is 15.3 Å². The Labute approximate surface area is 299 Å². The highest BCUT2D eigenvalue weighted by atomic mass is 32.2. The summed E-state index contributed by atoms with van der Waals surface area (Å²) in [6.07, 6.45) is 2.71. The first-order valence-electron chi connectivity index (χ1n) is 16.8. The quantitative estimate of drug-likeness (QED) is 0.0284. The Morgan fingerprint density at radius 2 is 1.66 bits per heavy atom. The van der Waals surface area contributed by atoms with Gasteiger partial charge in [0.2, 0.25) is 5.13 Å². The maximum absolute atomic E-state index is 13.9. The van der Waals surface area contributed by atoms with E-state index in [-0.39, 0.29) is 16.5 Å². The molecule has 2 heterocycles. The molecular weight excluding hydrogens is 671 g/mol. The van der Waals surface area contributed by atoms with Crippen molar-refractivity contribution in [3.63, 3.8) is 0 Å². The molecule has 9 nitrogen and oxygen atoms in total. The number of nitrogens with zero attached hydrogens (tertiary/aromatic N) is 3. The van der Waals surface area contributed by atoms with Gasteiger partial charge in [-0.1, -0.05) is 91.9 Å². The van der Waals surface area contributed by atoms with Crippen molar-refractivity contribution in [2.75, 3.05) is 24.7 Å². The molecule has 0 spiro atoms. The highest BCUT2D eigenvalue weighted by Crippen LogP contribution is 2.46. The van der Waals surface area contributed by atoms with Crippen LogP contribution in [0.2, 0.25) is 0 Å². The van der Waals surface area contributed by atoms with E-state index in [0.717, 1.165) is 35.6 Å². The van der Waals surface area contributed by atoms with Crippen LogP contribution in [0.1, 0.15) is 62.8 Å². The van der Waals surface area contributed by atoms with Crippen molar-refractivity contribution < 1.29 is 28.9 Å². The molecule has 1 saturated heterocycles. The van der Waals surface area contributed by atoms with Crippen LogP contribution in [0.25, 0.3) is 16.5 Å². The molecule has 1 amide bonds. The summed E-state index contributed by atoms with van der Waals surface area (Å²) in [5.74, 6) is 0.409. The minimum absolute atomic E-state index is 0.0560. The molecule has 0 radical (unpaired) electrons. The average molecular weight is 710 g/mol. The second-order valence-electron chi connectivity index (χ2n) is 11.7. The number of hydrogen-bond acceptors (Lipinski definition) is 10. The number of fused-ring (bicyclic) bond motifs is 1. The van der Waals surface area contributed by atoms with Crippen molar-refractivity contribution in [3.05, 3.63) is 107 Å². The van der Waals surface area contributed by atoms with E-state index >= 15 is 0 Å². The standard InChI is InChI=1S/C39H39N3O6S2/c1-4-7-22-48-31-20-17-27(23-32(31)46-6-3)34-33(35(43)26-15-18-29(19-16-26)47-21-5-2)36(44)37(45)42(34)38-40-41-39(50-38)49-24-28-13-10-12-25-11-8-9-14-30(25)28/h8-20,23,34,43H,4-7,21-22,24H2,1-3H3/b35-33+. The summed E-state index contributed by atoms with van der Waals surface area (Å²) in [5, 5.41) is 23.0. The zero-order valence-electron chi connectivity index (χ0n) is 28.3. The number of amides is 1. The lowest BCUT2D eigenvalue weighted by Gasteiger charge is -2.23. The van der Waals surface area contributed by atoms with E-state index in [1.165, 1.54) is 28.0 Å². The Kier molecular flexibility index (Phi) is 11.3. The van der Waals surface area contributed by atoms with Gasteiger partial charge in [-0.3, -0.25) is 14.5 Å². The zero-order chi connectivity index (χ0) is 35.0. The summed E-state index contributed by atoms with van der Waals surface area (Å²) >= 11 is 2.74. The smallest absolute Gasteiger partial charge is 0.301 e. The second-order valence-corrected chi connectivity index (χ2v) is 13.8. The Balaban J connectivity index is 1.38.